The van der Waals surface area contributed by atoms with Crippen molar-refractivity contribution in [2.24, 2.45) is 0 Å². The summed E-state index contributed by atoms with van der Waals surface area (Å²) in [5.74, 6) is 0.129. The highest BCUT2D eigenvalue weighted by Gasteiger charge is 2.53. The minimum atomic E-state index is -0.0521. The molecule has 5 heteroatoms. The molecule has 1 aromatic rings. The molecule has 0 bridgehead atoms. The fourth-order valence-electron chi connectivity index (χ4n) is 5.52. The van der Waals surface area contributed by atoms with Crippen LogP contribution in [0, 0.1) is 0 Å². The molecule has 3 aliphatic rings. The van der Waals surface area contributed by atoms with Gasteiger partial charge in [-0.3, -0.25) is 9.69 Å². The third-order valence-electron chi connectivity index (χ3n) is 6.81. The Labute approximate surface area is 162 Å². The van der Waals surface area contributed by atoms with E-state index in [9.17, 15) is 4.79 Å². The largest absolute Gasteiger partial charge is 0.378 e. The Hall–Kier alpha value is -1.43. The van der Waals surface area contributed by atoms with Crippen LogP contribution in [0.2, 0.25) is 0 Å². The average Bonchev–Trinajstić information content (AvgIpc) is 2.85. The molecule has 2 fully saturated rings. The zero-order valence-corrected chi connectivity index (χ0v) is 16.5. The highest BCUT2D eigenvalue weighted by molar-refractivity contribution is 5.79. The van der Waals surface area contributed by atoms with Crippen molar-refractivity contribution in [3.63, 3.8) is 0 Å². The van der Waals surface area contributed by atoms with Crippen LogP contribution in [-0.2, 0) is 14.9 Å². The van der Waals surface area contributed by atoms with Crippen LogP contribution >= 0.6 is 0 Å². The summed E-state index contributed by atoms with van der Waals surface area (Å²) in [4.78, 5) is 15.2. The molecule has 2 N–H and O–H groups in total. The Morgan fingerprint density at radius 1 is 1.19 bits per heavy atom. The molecule has 2 aliphatic heterocycles. The minimum absolute atomic E-state index is 0.00471. The fourth-order valence-corrected chi connectivity index (χ4v) is 5.52. The zero-order valence-electron chi connectivity index (χ0n) is 16.5. The van der Waals surface area contributed by atoms with Crippen LogP contribution in [0.5, 0.6) is 0 Å². The van der Waals surface area contributed by atoms with Crippen molar-refractivity contribution in [1.82, 2.24) is 15.5 Å². The van der Waals surface area contributed by atoms with Crippen LogP contribution in [0.25, 0.3) is 0 Å². The Bertz CT molecular complexity index is 649. The van der Waals surface area contributed by atoms with Crippen LogP contribution in [0.1, 0.15) is 55.7 Å². The molecule has 1 aliphatic carbocycles. The Balaban J connectivity index is 1.53. The van der Waals surface area contributed by atoms with Gasteiger partial charge in [0, 0.05) is 12.5 Å². The molecule has 0 unspecified atom stereocenters. The molecule has 2 heterocycles. The number of carbonyl (C=O) groups is 1. The molecule has 0 radical (unpaired) electrons. The first-order valence-corrected chi connectivity index (χ1v) is 10.6. The van der Waals surface area contributed by atoms with Crippen LogP contribution in [0.4, 0.5) is 0 Å². The highest BCUT2D eigenvalue weighted by Crippen LogP contribution is 2.51. The molecule has 5 nitrogen and oxygen atoms in total. The summed E-state index contributed by atoms with van der Waals surface area (Å²) in [7, 11) is 1.80. The first-order valence-electron chi connectivity index (χ1n) is 10.6. The van der Waals surface area contributed by atoms with Gasteiger partial charge in [0.1, 0.15) is 0 Å². The van der Waals surface area contributed by atoms with Gasteiger partial charge in [-0.25, -0.2) is 0 Å². The van der Waals surface area contributed by atoms with Gasteiger partial charge in [-0.05, 0) is 63.0 Å². The first-order chi connectivity index (χ1) is 13.2. The Morgan fingerprint density at radius 3 is 2.59 bits per heavy atom. The summed E-state index contributed by atoms with van der Waals surface area (Å²) in [5, 5.41) is 6.83. The van der Waals surface area contributed by atoms with E-state index in [0.717, 1.165) is 39.0 Å². The molecule has 1 spiro atoms. The summed E-state index contributed by atoms with van der Waals surface area (Å²) in [6.07, 6.45) is 7.10. The van der Waals surface area contributed by atoms with Gasteiger partial charge in [-0.2, -0.15) is 0 Å². The van der Waals surface area contributed by atoms with E-state index in [2.05, 4.69) is 39.8 Å². The second-order valence-electron chi connectivity index (χ2n) is 8.39. The Kier molecular flexibility index (Phi) is 5.81. The van der Waals surface area contributed by atoms with Gasteiger partial charge >= 0.3 is 0 Å². The molecule has 4 rings (SSSR count). The van der Waals surface area contributed by atoms with E-state index in [4.69, 9.17) is 4.74 Å². The van der Waals surface area contributed by atoms with Crippen LogP contribution in [0.3, 0.4) is 0 Å². The highest BCUT2D eigenvalue weighted by atomic mass is 16.5. The summed E-state index contributed by atoms with van der Waals surface area (Å²) in [6, 6.07) is 8.57. The number of benzene rings is 1. The third kappa shape index (κ3) is 3.65. The summed E-state index contributed by atoms with van der Waals surface area (Å²) in [5.41, 5.74) is 2.63. The molecule has 27 heavy (non-hydrogen) atoms. The predicted molar refractivity (Wildman–Crippen MR) is 107 cm³/mol. The molecule has 2 saturated heterocycles. The van der Waals surface area contributed by atoms with E-state index in [0.29, 0.717) is 6.54 Å². The smallest absolute Gasteiger partial charge is 0.234 e. The topological polar surface area (TPSA) is 53.6 Å². The molecule has 1 aromatic carbocycles. The van der Waals surface area contributed by atoms with Crippen molar-refractivity contribution in [2.75, 3.05) is 39.8 Å². The summed E-state index contributed by atoms with van der Waals surface area (Å²) >= 11 is 0. The lowest BCUT2D eigenvalue weighted by Crippen LogP contribution is -2.50. The van der Waals surface area contributed by atoms with Gasteiger partial charge in [-0.15, -0.1) is 0 Å². The maximum absolute atomic E-state index is 12.9. The number of nitrogens with zero attached hydrogens (tertiary/aromatic N) is 1. The minimum Gasteiger partial charge on any atom is -0.378 e. The zero-order chi connectivity index (χ0) is 18.7. The normalized spacial score (nSPS) is 27.9. The second kappa shape index (κ2) is 8.29. The lowest BCUT2D eigenvalue weighted by Gasteiger charge is -2.40. The van der Waals surface area contributed by atoms with Crippen molar-refractivity contribution < 1.29 is 9.53 Å². The maximum Gasteiger partial charge on any atom is 0.234 e. The van der Waals surface area contributed by atoms with E-state index >= 15 is 0 Å². The van der Waals surface area contributed by atoms with Gasteiger partial charge in [0.05, 0.1) is 18.7 Å². The van der Waals surface area contributed by atoms with Crippen molar-refractivity contribution in [2.45, 2.75) is 56.1 Å². The van der Waals surface area contributed by atoms with Gasteiger partial charge in [-0.1, -0.05) is 37.1 Å². The number of nitrogens with one attached hydrogen (secondary N) is 2. The molecular formula is C22H33N3O2. The third-order valence-corrected chi connectivity index (χ3v) is 6.81. The van der Waals surface area contributed by atoms with E-state index in [-0.39, 0.29) is 23.5 Å². The van der Waals surface area contributed by atoms with Gasteiger partial charge < -0.3 is 15.4 Å². The molecular weight excluding hydrogens is 338 g/mol. The van der Waals surface area contributed by atoms with Crippen LogP contribution in [0.15, 0.2) is 24.3 Å². The molecule has 2 atom stereocenters. The summed E-state index contributed by atoms with van der Waals surface area (Å²) in [6.45, 7) is 4.59. The number of hydrogen-bond acceptors (Lipinski definition) is 4. The number of fused-ring (bicyclic) bond motifs is 2. The summed E-state index contributed by atoms with van der Waals surface area (Å²) < 4.78 is 6.05. The number of amides is 1. The number of hydrogen-bond donors (Lipinski definition) is 2. The molecule has 0 aromatic heterocycles. The monoisotopic (exact) mass is 371 g/mol. The average molecular weight is 372 g/mol. The Morgan fingerprint density at radius 2 is 1.89 bits per heavy atom. The quantitative estimate of drug-likeness (QED) is 0.853. The lowest BCUT2D eigenvalue weighted by molar-refractivity contribution is -0.124. The molecule has 1 amide bonds. The van der Waals surface area contributed by atoms with E-state index in [1.54, 1.807) is 7.11 Å². The van der Waals surface area contributed by atoms with Crippen molar-refractivity contribution >= 4 is 5.91 Å². The first kappa shape index (κ1) is 18.9. The van der Waals surface area contributed by atoms with Crippen LogP contribution < -0.4 is 10.6 Å². The van der Waals surface area contributed by atoms with E-state index < -0.39 is 0 Å². The molecule has 148 valence electrons. The van der Waals surface area contributed by atoms with Gasteiger partial charge in [0.2, 0.25) is 5.91 Å². The van der Waals surface area contributed by atoms with Crippen molar-refractivity contribution in [3.8, 4) is 0 Å². The lowest BCUT2D eigenvalue weighted by atomic mass is 9.72. The fraction of sp³-hybridized carbons (Fsp3) is 0.682. The number of methoxy groups -OCH3 is 1. The number of ether oxygens (including phenoxy) is 1. The predicted octanol–water partition coefficient (Wildman–Crippen LogP) is 2.37. The maximum atomic E-state index is 12.9. The van der Waals surface area contributed by atoms with Crippen molar-refractivity contribution in [1.29, 1.82) is 0 Å². The van der Waals surface area contributed by atoms with Gasteiger partial charge in [0.15, 0.2) is 0 Å². The number of rotatable bonds is 4. The number of likely N-dealkylation sites (tertiary alicyclic amines) is 1. The number of carbonyl (C=O) groups excluding carboxylic acids is 1. The van der Waals surface area contributed by atoms with Gasteiger partial charge in [0.25, 0.3) is 0 Å². The van der Waals surface area contributed by atoms with E-state index in [1.165, 1.54) is 36.8 Å². The second-order valence-corrected chi connectivity index (χ2v) is 8.39. The van der Waals surface area contributed by atoms with Crippen molar-refractivity contribution in [3.05, 3.63) is 35.4 Å². The SMILES string of the molecule is CO[C@@H]1[C@@H](NC(=O)CN2CCCCCC2)c2ccccc2C12CCNCC2. The van der Waals surface area contributed by atoms with E-state index in [1.807, 2.05) is 0 Å². The standard InChI is InChI=1S/C22H33N3O2/c1-27-21-20(24-19(26)16-25-14-6-2-3-7-15-25)17-8-4-5-9-18(17)22(21)10-12-23-13-11-22/h4-5,8-9,20-21,23H,2-3,6-7,10-16H2,1H3,(H,24,26)/t20-,21+/m0/s1. The molecule has 0 saturated carbocycles. The number of piperidine rings is 1. The van der Waals surface area contributed by atoms with Crippen LogP contribution in [-0.4, -0.2) is 56.7 Å².